The smallest absolute Gasteiger partial charge is 0.299 e. The maximum absolute atomic E-state index is 12.9. The van der Waals surface area contributed by atoms with Crippen LogP contribution in [-0.2, 0) is 6.54 Å². The average Bonchev–Trinajstić information content (AvgIpc) is 2.78. The molecule has 0 atom stereocenters. The lowest BCUT2D eigenvalue weighted by Gasteiger charge is -2.09. The van der Waals surface area contributed by atoms with Crippen molar-refractivity contribution >= 4 is 10.9 Å². The molecule has 26 heavy (non-hydrogen) atoms. The van der Waals surface area contributed by atoms with Crippen molar-refractivity contribution in [2.45, 2.75) is 26.3 Å². The summed E-state index contributed by atoms with van der Waals surface area (Å²) in [6.45, 7) is 4.32. The summed E-state index contributed by atoms with van der Waals surface area (Å²) in [5.74, 6) is 0.820. The predicted octanol–water partition coefficient (Wildman–Crippen LogP) is 2.87. The van der Waals surface area contributed by atoms with Gasteiger partial charge in [0.05, 0.1) is 24.9 Å². The van der Waals surface area contributed by atoms with Crippen LogP contribution in [0.2, 0.25) is 0 Å². The number of methoxy groups -OCH3 is 1. The number of fused-ring (bicyclic) bond motifs is 1. The van der Waals surface area contributed by atoms with Crippen molar-refractivity contribution in [1.82, 2.24) is 9.55 Å². The fraction of sp³-hybridized carbons (Fsp3) is 0.250. The molecule has 3 aromatic rings. The Hall–Kier alpha value is -3.15. The van der Waals surface area contributed by atoms with Gasteiger partial charge in [0.15, 0.2) is 0 Å². The van der Waals surface area contributed by atoms with E-state index < -0.39 is 5.56 Å². The summed E-state index contributed by atoms with van der Waals surface area (Å²) < 4.78 is 6.77. The molecular formula is C20H21N3O3. The summed E-state index contributed by atoms with van der Waals surface area (Å²) in [4.78, 5) is 17.3. The molecule has 2 aromatic carbocycles. The van der Waals surface area contributed by atoms with Crippen molar-refractivity contribution in [3.63, 3.8) is 0 Å². The lowest BCUT2D eigenvalue weighted by atomic mass is 10.1. The van der Waals surface area contributed by atoms with Crippen LogP contribution in [0.15, 0.2) is 58.5 Å². The van der Waals surface area contributed by atoms with E-state index in [0.29, 0.717) is 6.54 Å². The van der Waals surface area contributed by atoms with Gasteiger partial charge in [-0.05, 0) is 29.7 Å². The van der Waals surface area contributed by atoms with E-state index in [0.717, 1.165) is 27.9 Å². The van der Waals surface area contributed by atoms with Gasteiger partial charge in [0, 0.05) is 5.39 Å². The first-order valence-electron chi connectivity index (χ1n) is 8.40. The number of hydrogen-bond acceptors (Lipinski definition) is 5. The summed E-state index contributed by atoms with van der Waals surface area (Å²) in [7, 11) is 1.61. The summed E-state index contributed by atoms with van der Waals surface area (Å²) >= 11 is 0. The third-order valence-electron chi connectivity index (χ3n) is 4.27. The number of ether oxygens (including phenoxy) is 1. The van der Waals surface area contributed by atoms with Crippen molar-refractivity contribution in [2.75, 3.05) is 7.11 Å². The van der Waals surface area contributed by atoms with Crippen molar-refractivity contribution in [3.05, 3.63) is 75.6 Å². The first-order valence-corrected chi connectivity index (χ1v) is 8.40. The van der Waals surface area contributed by atoms with Crippen LogP contribution in [0.3, 0.4) is 0 Å². The van der Waals surface area contributed by atoms with Crippen molar-refractivity contribution in [1.29, 1.82) is 0 Å². The SMILES string of the molecule is COc1ccc(Cn2c(=O)/c(=N\O)nc(C(C)C)c3ccccc32)cc1. The summed E-state index contributed by atoms with van der Waals surface area (Å²) in [5, 5.41) is 13.3. The van der Waals surface area contributed by atoms with Crippen LogP contribution < -0.4 is 15.8 Å². The number of para-hydroxylation sites is 1. The molecule has 3 rings (SSSR count). The normalized spacial score (nSPS) is 11.9. The molecule has 6 heteroatoms. The van der Waals surface area contributed by atoms with Crippen molar-refractivity contribution in [2.24, 2.45) is 5.16 Å². The zero-order chi connectivity index (χ0) is 18.7. The minimum absolute atomic E-state index is 0.0710. The number of hydrogen-bond donors (Lipinski definition) is 1. The van der Waals surface area contributed by atoms with Crippen molar-refractivity contribution < 1.29 is 9.94 Å². The van der Waals surface area contributed by atoms with Crippen LogP contribution in [0.1, 0.15) is 31.0 Å². The van der Waals surface area contributed by atoms with Crippen LogP contribution in [0.5, 0.6) is 5.75 Å². The monoisotopic (exact) mass is 351 g/mol. The highest BCUT2D eigenvalue weighted by molar-refractivity contribution is 5.81. The molecule has 1 aromatic heterocycles. The minimum atomic E-state index is -0.439. The second-order valence-corrected chi connectivity index (χ2v) is 6.33. The number of benzene rings is 2. The number of rotatable bonds is 4. The molecule has 0 radical (unpaired) electrons. The van der Waals surface area contributed by atoms with Crippen molar-refractivity contribution in [3.8, 4) is 5.75 Å². The molecule has 0 unspecified atom stereocenters. The van der Waals surface area contributed by atoms with Gasteiger partial charge in [0.1, 0.15) is 5.75 Å². The van der Waals surface area contributed by atoms with Gasteiger partial charge >= 0.3 is 0 Å². The van der Waals surface area contributed by atoms with E-state index in [9.17, 15) is 10.0 Å². The van der Waals surface area contributed by atoms with Crippen LogP contribution in [0, 0.1) is 0 Å². The molecule has 0 spiro atoms. The zero-order valence-corrected chi connectivity index (χ0v) is 15.0. The predicted molar refractivity (Wildman–Crippen MR) is 99.5 cm³/mol. The second-order valence-electron chi connectivity index (χ2n) is 6.33. The summed E-state index contributed by atoms with van der Waals surface area (Å²) in [6, 6.07) is 15.1. The third-order valence-corrected chi connectivity index (χ3v) is 4.27. The molecule has 0 amide bonds. The Bertz CT molecular complexity index is 1050. The standard InChI is InChI=1S/C20H21N3O3/c1-13(2)18-16-6-4-5-7-17(16)23(20(24)19(21-18)22-25)12-14-8-10-15(26-3)11-9-14/h4-11,13,25H,12H2,1-3H3/b22-19+. The maximum Gasteiger partial charge on any atom is 0.299 e. The molecule has 0 saturated carbocycles. The van der Waals surface area contributed by atoms with Crippen LogP contribution in [0.4, 0.5) is 0 Å². The van der Waals surface area contributed by atoms with E-state index in [1.165, 1.54) is 0 Å². The zero-order valence-electron chi connectivity index (χ0n) is 15.0. The number of nitrogens with zero attached hydrogens (tertiary/aromatic N) is 3. The van der Waals surface area contributed by atoms with E-state index in [-0.39, 0.29) is 11.4 Å². The highest BCUT2D eigenvalue weighted by Gasteiger charge is 2.12. The van der Waals surface area contributed by atoms with Gasteiger partial charge in [0.25, 0.3) is 11.0 Å². The first kappa shape index (κ1) is 17.7. The molecule has 0 aliphatic carbocycles. The molecule has 0 saturated heterocycles. The Labute approximate surface area is 151 Å². The molecule has 0 fully saturated rings. The fourth-order valence-electron chi connectivity index (χ4n) is 2.95. The fourth-order valence-corrected chi connectivity index (χ4v) is 2.95. The summed E-state index contributed by atoms with van der Waals surface area (Å²) in [6.07, 6.45) is 0. The maximum atomic E-state index is 12.9. The van der Waals surface area contributed by atoms with Gasteiger partial charge in [-0.1, -0.05) is 49.3 Å². The van der Waals surface area contributed by atoms with Crippen LogP contribution >= 0.6 is 0 Å². The van der Waals surface area contributed by atoms with E-state index in [1.54, 1.807) is 11.7 Å². The molecule has 0 aliphatic rings. The highest BCUT2D eigenvalue weighted by atomic mass is 16.5. The average molecular weight is 351 g/mol. The first-order chi connectivity index (χ1) is 12.5. The molecule has 1 heterocycles. The lowest BCUT2D eigenvalue weighted by molar-refractivity contribution is 0.296. The van der Waals surface area contributed by atoms with Gasteiger partial charge in [-0.3, -0.25) is 4.79 Å². The minimum Gasteiger partial charge on any atom is -0.497 e. The molecule has 0 bridgehead atoms. The Morgan fingerprint density at radius 1 is 1.15 bits per heavy atom. The van der Waals surface area contributed by atoms with Gasteiger partial charge in [-0.15, -0.1) is 0 Å². The van der Waals surface area contributed by atoms with Gasteiger partial charge in [-0.2, -0.15) is 0 Å². The highest BCUT2D eigenvalue weighted by Crippen LogP contribution is 2.21. The van der Waals surface area contributed by atoms with E-state index >= 15 is 0 Å². The molecular weight excluding hydrogens is 330 g/mol. The molecule has 0 aliphatic heterocycles. The van der Waals surface area contributed by atoms with Crippen LogP contribution in [-0.4, -0.2) is 21.9 Å². The molecule has 6 nitrogen and oxygen atoms in total. The van der Waals surface area contributed by atoms with Gasteiger partial charge in [0.2, 0.25) is 0 Å². The largest absolute Gasteiger partial charge is 0.497 e. The van der Waals surface area contributed by atoms with Crippen LogP contribution in [0.25, 0.3) is 10.9 Å². The van der Waals surface area contributed by atoms with E-state index in [1.807, 2.05) is 62.4 Å². The lowest BCUT2D eigenvalue weighted by Crippen LogP contribution is -2.34. The van der Waals surface area contributed by atoms with Gasteiger partial charge in [-0.25, -0.2) is 4.98 Å². The Balaban J connectivity index is 2.32. The topological polar surface area (TPSA) is 76.7 Å². The summed E-state index contributed by atoms with van der Waals surface area (Å²) in [5.41, 5.74) is 1.75. The third kappa shape index (κ3) is 3.31. The second kappa shape index (κ2) is 7.39. The quantitative estimate of drug-likeness (QED) is 0.579. The van der Waals surface area contributed by atoms with E-state index in [2.05, 4.69) is 10.1 Å². The van der Waals surface area contributed by atoms with E-state index in [4.69, 9.17) is 4.74 Å². The molecule has 1 N–H and O–H groups in total. The van der Waals surface area contributed by atoms with Gasteiger partial charge < -0.3 is 14.5 Å². The Morgan fingerprint density at radius 2 is 1.85 bits per heavy atom. The number of aromatic nitrogens is 2. The Kier molecular flexibility index (Phi) is 5.02. The molecule has 134 valence electrons. The Morgan fingerprint density at radius 3 is 2.46 bits per heavy atom.